The van der Waals surface area contributed by atoms with Crippen LogP contribution in [0.25, 0.3) is 0 Å². The largest absolute Gasteiger partial charge is 0.394 e. The van der Waals surface area contributed by atoms with Crippen LogP contribution in [0.1, 0.15) is 0 Å². The van der Waals surface area contributed by atoms with Gasteiger partial charge >= 0.3 is 0 Å². The van der Waals surface area contributed by atoms with Gasteiger partial charge in [-0.2, -0.15) is 5.10 Å². The Morgan fingerprint density at radius 2 is 1.69 bits per heavy atom. The fourth-order valence-electron chi connectivity index (χ4n) is 0.714. The summed E-state index contributed by atoms with van der Waals surface area (Å²) in [5, 5.41) is 47.4. The Labute approximate surface area is 74.7 Å². The second kappa shape index (κ2) is 5.84. The first kappa shape index (κ1) is 12.3. The van der Waals surface area contributed by atoms with Gasteiger partial charge in [0.2, 0.25) is 0 Å². The summed E-state index contributed by atoms with van der Waals surface area (Å²) in [6, 6.07) is 0. The summed E-state index contributed by atoms with van der Waals surface area (Å²) in [6.07, 6.45) is -5.50. The smallest absolute Gasteiger partial charge is 0.119 e. The number of aliphatic hydroxyl groups is 5. The first-order valence-corrected chi connectivity index (χ1v) is 3.61. The Bertz CT molecular complexity index is 165. The van der Waals surface area contributed by atoms with E-state index < -0.39 is 31.0 Å². The average Bonchev–Trinajstić information content (AvgIpc) is 2.14. The van der Waals surface area contributed by atoms with Crippen LogP contribution in [0.15, 0.2) is 5.10 Å². The summed E-state index contributed by atoms with van der Waals surface area (Å²) in [6.45, 7) is -0.718. The lowest BCUT2D eigenvalue weighted by atomic mass is 10.0. The summed E-state index contributed by atoms with van der Waals surface area (Å²) >= 11 is 0. The highest BCUT2D eigenvalue weighted by Crippen LogP contribution is 2.03. The van der Waals surface area contributed by atoms with Crippen molar-refractivity contribution in [3.63, 3.8) is 0 Å². The molecule has 78 valence electrons. The summed E-state index contributed by atoms with van der Waals surface area (Å²) in [5.41, 5.74) is 0. The van der Waals surface area contributed by atoms with Crippen LogP contribution in [0.5, 0.6) is 0 Å². The molecule has 0 saturated carbocycles. The molecule has 0 amide bonds. The standard InChI is InChI=1S/C6H14N2O5/c7-8-1-3(10)5(12)6(13)4(11)2-9/h1,3-6,9-13H,2,7H2/t3-,4+,5+,6+/m0/s1. The van der Waals surface area contributed by atoms with Crippen molar-refractivity contribution in [1.82, 2.24) is 0 Å². The van der Waals surface area contributed by atoms with Crippen molar-refractivity contribution >= 4 is 6.21 Å². The molecule has 0 fully saturated rings. The molecular formula is C6H14N2O5. The van der Waals surface area contributed by atoms with E-state index in [0.717, 1.165) is 6.21 Å². The second-order valence-corrected chi connectivity index (χ2v) is 2.52. The van der Waals surface area contributed by atoms with Crippen molar-refractivity contribution in [2.45, 2.75) is 24.4 Å². The summed E-state index contributed by atoms with van der Waals surface area (Å²) < 4.78 is 0. The van der Waals surface area contributed by atoms with Crippen LogP contribution in [0.4, 0.5) is 0 Å². The van der Waals surface area contributed by atoms with E-state index in [1.54, 1.807) is 0 Å². The van der Waals surface area contributed by atoms with Crippen LogP contribution in [0, 0.1) is 0 Å². The number of nitrogens with two attached hydrogens (primary N) is 1. The Kier molecular flexibility index (Phi) is 5.51. The molecule has 0 saturated heterocycles. The molecular weight excluding hydrogens is 180 g/mol. The molecule has 0 rings (SSSR count). The molecule has 0 heterocycles. The molecule has 7 N–H and O–H groups in total. The first-order chi connectivity index (χ1) is 6.04. The molecule has 0 aliphatic carbocycles. The molecule has 0 spiro atoms. The molecule has 7 heteroatoms. The fourth-order valence-corrected chi connectivity index (χ4v) is 0.714. The molecule has 0 unspecified atom stereocenters. The third-order valence-electron chi connectivity index (χ3n) is 1.52. The van der Waals surface area contributed by atoms with Gasteiger partial charge in [0.1, 0.15) is 24.4 Å². The molecule has 0 radical (unpaired) electrons. The third-order valence-corrected chi connectivity index (χ3v) is 1.52. The predicted molar refractivity (Wildman–Crippen MR) is 43.8 cm³/mol. The van der Waals surface area contributed by atoms with E-state index in [1.807, 2.05) is 0 Å². The summed E-state index contributed by atoms with van der Waals surface area (Å²) in [4.78, 5) is 0. The van der Waals surface area contributed by atoms with Crippen LogP contribution in [0.2, 0.25) is 0 Å². The van der Waals surface area contributed by atoms with Crippen molar-refractivity contribution in [3.05, 3.63) is 0 Å². The van der Waals surface area contributed by atoms with Gasteiger partial charge in [0.25, 0.3) is 0 Å². The van der Waals surface area contributed by atoms with E-state index >= 15 is 0 Å². The van der Waals surface area contributed by atoms with Crippen LogP contribution in [0.3, 0.4) is 0 Å². The summed E-state index contributed by atoms with van der Waals surface area (Å²) in [7, 11) is 0. The molecule has 0 aromatic rings. The van der Waals surface area contributed by atoms with Crippen molar-refractivity contribution in [2.75, 3.05) is 6.61 Å². The lowest BCUT2D eigenvalue weighted by Crippen LogP contribution is -2.46. The molecule has 0 aliphatic rings. The minimum atomic E-state index is -1.65. The van der Waals surface area contributed by atoms with Gasteiger partial charge in [-0.15, -0.1) is 0 Å². The highest BCUT2D eigenvalue weighted by molar-refractivity contribution is 5.63. The van der Waals surface area contributed by atoms with Gasteiger partial charge in [-0.3, -0.25) is 0 Å². The molecule has 0 aromatic carbocycles. The fraction of sp³-hybridized carbons (Fsp3) is 0.833. The number of rotatable bonds is 5. The zero-order valence-electron chi connectivity index (χ0n) is 6.85. The SMILES string of the molecule is NN=C[C@H](O)[C@@H](O)[C@H](O)[C@H](O)CO. The van der Waals surface area contributed by atoms with Crippen LogP contribution < -0.4 is 5.84 Å². The van der Waals surface area contributed by atoms with E-state index in [4.69, 9.17) is 25.5 Å². The minimum Gasteiger partial charge on any atom is -0.394 e. The quantitative estimate of drug-likeness (QED) is 0.152. The van der Waals surface area contributed by atoms with Crippen LogP contribution >= 0.6 is 0 Å². The van der Waals surface area contributed by atoms with Crippen molar-refractivity contribution in [2.24, 2.45) is 10.9 Å². The zero-order chi connectivity index (χ0) is 10.4. The molecule has 7 nitrogen and oxygen atoms in total. The van der Waals surface area contributed by atoms with Crippen molar-refractivity contribution in [3.8, 4) is 0 Å². The number of hydrogen-bond acceptors (Lipinski definition) is 7. The Balaban J connectivity index is 4.15. The maximum Gasteiger partial charge on any atom is 0.119 e. The zero-order valence-corrected chi connectivity index (χ0v) is 6.85. The Hall–Kier alpha value is -0.730. The molecule has 4 atom stereocenters. The third kappa shape index (κ3) is 3.66. The second-order valence-electron chi connectivity index (χ2n) is 2.52. The van der Waals surface area contributed by atoms with E-state index in [2.05, 4.69) is 10.9 Å². The lowest BCUT2D eigenvalue weighted by Gasteiger charge is -2.23. The highest BCUT2D eigenvalue weighted by Gasteiger charge is 2.28. The average molecular weight is 194 g/mol. The number of nitrogens with zero attached hydrogens (tertiary/aromatic N) is 1. The normalized spacial score (nSPS) is 21.3. The predicted octanol–water partition coefficient (Wildman–Crippen LogP) is -3.63. The lowest BCUT2D eigenvalue weighted by molar-refractivity contribution is -0.0999. The first-order valence-electron chi connectivity index (χ1n) is 3.61. The van der Waals surface area contributed by atoms with Crippen LogP contribution in [-0.4, -0.2) is 62.8 Å². The molecule has 13 heavy (non-hydrogen) atoms. The number of hydrazone groups is 1. The molecule has 0 aromatic heterocycles. The van der Waals surface area contributed by atoms with E-state index in [-0.39, 0.29) is 0 Å². The molecule has 0 aliphatic heterocycles. The number of hydrogen-bond donors (Lipinski definition) is 6. The topological polar surface area (TPSA) is 140 Å². The van der Waals surface area contributed by atoms with Gasteiger partial charge in [0, 0.05) is 0 Å². The van der Waals surface area contributed by atoms with Crippen molar-refractivity contribution in [1.29, 1.82) is 0 Å². The molecule has 0 bridgehead atoms. The van der Waals surface area contributed by atoms with Gasteiger partial charge in [-0.1, -0.05) is 0 Å². The van der Waals surface area contributed by atoms with Gasteiger partial charge in [0.15, 0.2) is 0 Å². The van der Waals surface area contributed by atoms with E-state index in [0.29, 0.717) is 0 Å². The van der Waals surface area contributed by atoms with Gasteiger partial charge in [0.05, 0.1) is 12.8 Å². The maximum atomic E-state index is 9.10. The maximum absolute atomic E-state index is 9.10. The van der Waals surface area contributed by atoms with Gasteiger partial charge < -0.3 is 31.4 Å². The van der Waals surface area contributed by atoms with Gasteiger partial charge in [-0.05, 0) is 0 Å². The van der Waals surface area contributed by atoms with E-state index in [1.165, 1.54) is 0 Å². The van der Waals surface area contributed by atoms with Crippen molar-refractivity contribution < 1.29 is 25.5 Å². The van der Waals surface area contributed by atoms with Crippen LogP contribution in [-0.2, 0) is 0 Å². The van der Waals surface area contributed by atoms with Gasteiger partial charge in [-0.25, -0.2) is 0 Å². The Morgan fingerprint density at radius 3 is 2.08 bits per heavy atom. The monoisotopic (exact) mass is 194 g/mol. The van der Waals surface area contributed by atoms with E-state index in [9.17, 15) is 0 Å². The minimum absolute atomic E-state index is 0.718. The Morgan fingerprint density at radius 1 is 1.15 bits per heavy atom. The highest BCUT2D eigenvalue weighted by atomic mass is 16.4. The summed E-state index contributed by atoms with van der Waals surface area (Å²) in [5.74, 6) is 4.68. The number of aliphatic hydroxyl groups excluding tert-OH is 5.